The maximum Gasteiger partial charge on any atom is 0.420 e. The van der Waals surface area contributed by atoms with Gasteiger partial charge in [-0.25, -0.2) is 4.79 Å². The van der Waals surface area contributed by atoms with Gasteiger partial charge in [-0.15, -0.1) is 0 Å². The molecule has 4 aromatic rings. The van der Waals surface area contributed by atoms with Crippen LogP contribution in [0.2, 0.25) is 0 Å². The highest BCUT2D eigenvalue weighted by Crippen LogP contribution is 2.34. The zero-order valence-electron chi connectivity index (χ0n) is 16.0. The van der Waals surface area contributed by atoms with Gasteiger partial charge in [0.1, 0.15) is 5.01 Å². The van der Waals surface area contributed by atoms with Crippen LogP contribution in [-0.4, -0.2) is 24.8 Å². The van der Waals surface area contributed by atoms with E-state index in [4.69, 9.17) is 4.42 Å². The molecular weight excluding hydrogens is 402 g/mol. The SMILES string of the molecule is O=C(Nc1nsc(-c2ccccc2)n1)C1CCC(n2c(=O)oc3cnccc32)CC1. The third kappa shape index (κ3) is 3.52. The van der Waals surface area contributed by atoms with E-state index in [2.05, 4.69) is 19.7 Å². The minimum Gasteiger partial charge on any atom is -0.406 e. The molecule has 1 aliphatic rings. The van der Waals surface area contributed by atoms with E-state index < -0.39 is 0 Å². The first-order chi connectivity index (χ1) is 14.7. The van der Waals surface area contributed by atoms with Crippen LogP contribution in [0.3, 0.4) is 0 Å². The number of hydrogen-bond acceptors (Lipinski definition) is 7. The van der Waals surface area contributed by atoms with Crippen LogP contribution in [0.5, 0.6) is 0 Å². The highest BCUT2D eigenvalue weighted by Gasteiger charge is 2.30. The van der Waals surface area contributed by atoms with Crippen molar-refractivity contribution in [3.63, 3.8) is 0 Å². The Balaban J connectivity index is 1.24. The first-order valence-electron chi connectivity index (χ1n) is 9.84. The molecule has 1 aromatic carbocycles. The van der Waals surface area contributed by atoms with Gasteiger partial charge < -0.3 is 4.42 Å². The van der Waals surface area contributed by atoms with Crippen molar-refractivity contribution in [3.05, 3.63) is 59.3 Å². The van der Waals surface area contributed by atoms with Crippen LogP contribution >= 0.6 is 11.5 Å². The van der Waals surface area contributed by atoms with Crippen LogP contribution in [0.15, 0.2) is 58.0 Å². The molecule has 1 aliphatic carbocycles. The Morgan fingerprint density at radius 2 is 1.93 bits per heavy atom. The largest absolute Gasteiger partial charge is 0.420 e. The molecule has 0 radical (unpaired) electrons. The molecule has 8 nitrogen and oxygen atoms in total. The number of nitrogens with one attached hydrogen (secondary N) is 1. The number of benzene rings is 1. The van der Waals surface area contributed by atoms with Crippen molar-refractivity contribution < 1.29 is 9.21 Å². The van der Waals surface area contributed by atoms with Crippen LogP contribution < -0.4 is 11.1 Å². The number of fused-ring (bicyclic) bond motifs is 1. The van der Waals surface area contributed by atoms with E-state index in [1.807, 2.05) is 30.3 Å². The maximum atomic E-state index is 12.7. The van der Waals surface area contributed by atoms with Gasteiger partial charge in [-0.2, -0.15) is 9.36 Å². The Morgan fingerprint density at radius 3 is 2.73 bits per heavy atom. The zero-order chi connectivity index (χ0) is 20.5. The Bertz CT molecular complexity index is 1240. The van der Waals surface area contributed by atoms with Crippen LogP contribution in [0.1, 0.15) is 31.7 Å². The summed E-state index contributed by atoms with van der Waals surface area (Å²) in [7, 11) is 0. The fourth-order valence-corrected chi connectivity index (χ4v) is 4.65. The molecule has 0 bridgehead atoms. The summed E-state index contributed by atoms with van der Waals surface area (Å²) in [6.07, 6.45) is 6.05. The minimum atomic E-state index is -0.369. The Morgan fingerprint density at radius 1 is 1.13 bits per heavy atom. The number of oxazole rings is 1. The van der Waals surface area contributed by atoms with Crippen molar-refractivity contribution in [2.24, 2.45) is 5.92 Å². The fraction of sp³-hybridized carbons (Fsp3) is 0.286. The van der Waals surface area contributed by atoms with E-state index in [1.54, 1.807) is 23.0 Å². The first-order valence-corrected chi connectivity index (χ1v) is 10.6. The van der Waals surface area contributed by atoms with Crippen molar-refractivity contribution in [2.45, 2.75) is 31.7 Å². The lowest BCUT2D eigenvalue weighted by Gasteiger charge is -2.27. The number of anilines is 1. The summed E-state index contributed by atoms with van der Waals surface area (Å²) in [5.41, 5.74) is 2.22. The van der Waals surface area contributed by atoms with Gasteiger partial charge in [0.15, 0.2) is 5.58 Å². The van der Waals surface area contributed by atoms with Crippen molar-refractivity contribution in [1.82, 2.24) is 18.9 Å². The summed E-state index contributed by atoms with van der Waals surface area (Å²) in [4.78, 5) is 33.4. The van der Waals surface area contributed by atoms with Crippen molar-refractivity contribution in [1.29, 1.82) is 0 Å². The highest BCUT2D eigenvalue weighted by atomic mass is 32.1. The third-order valence-electron chi connectivity index (χ3n) is 5.53. The third-order valence-corrected chi connectivity index (χ3v) is 6.29. The molecule has 1 amide bonds. The molecule has 3 aromatic heterocycles. The second-order valence-electron chi connectivity index (χ2n) is 7.37. The molecule has 30 heavy (non-hydrogen) atoms. The highest BCUT2D eigenvalue weighted by molar-refractivity contribution is 7.09. The maximum absolute atomic E-state index is 12.7. The summed E-state index contributed by atoms with van der Waals surface area (Å²) < 4.78 is 11.3. The van der Waals surface area contributed by atoms with Gasteiger partial charge in [-0.3, -0.25) is 19.7 Å². The number of carbonyl (C=O) groups is 1. The lowest BCUT2D eigenvalue weighted by molar-refractivity contribution is -0.121. The Labute approximate surface area is 175 Å². The molecule has 0 atom stereocenters. The molecule has 0 spiro atoms. The van der Waals surface area contributed by atoms with Crippen molar-refractivity contribution in [3.8, 4) is 10.6 Å². The smallest absolute Gasteiger partial charge is 0.406 e. The van der Waals surface area contributed by atoms with E-state index >= 15 is 0 Å². The molecule has 0 unspecified atom stereocenters. The summed E-state index contributed by atoms with van der Waals surface area (Å²) in [5, 5.41) is 3.62. The number of carbonyl (C=O) groups excluding carboxylic acids is 1. The minimum absolute atomic E-state index is 0.0206. The normalized spacial score (nSPS) is 19.1. The number of pyridine rings is 1. The summed E-state index contributed by atoms with van der Waals surface area (Å²) >= 11 is 1.26. The fourth-order valence-electron chi connectivity index (χ4n) is 4.02. The first kappa shape index (κ1) is 18.7. The number of nitrogens with zero attached hydrogens (tertiary/aromatic N) is 4. The summed E-state index contributed by atoms with van der Waals surface area (Å²) in [6, 6.07) is 11.6. The second-order valence-corrected chi connectivity index (χ2v) is 8.12. The van der Waals surface area contributed by atoms with Gasteiger partial charge in [-0.1, -0.05) is 30.3 Å². The quantitative estimate of drug-likeness (QED) is 0.536. The van der Waals surface area contributed by atoms with Gasteiger partial charge >= 0.3 is 5.76 Å². The van der Waals surface area contributed by atoms with Gasteiger partial charge in [0.05, 0.1) is 11.7 Å². The van der Waals surface area contributed by atoms with Crippen LogP contribution in [0, 0.1) is 5.92 Å². The summed E-state index contributed by atoms with van der Waals surface area (Å²) in [5.74, 6) is -0.221. The molecule has 3 heterocycles. The van der Waals surface area contributed by atoms with Gasteiger partial charge in [0.2, 0.25) is 11.9 Å². The second kappa shape index (κ2) is 7.83. The van der Waals surface area contributed by atoms with Crippen LogP contribution in [0.4, 0.5) is 5.95 Å². The predicted octanol–water partition coefficient (Wildman–Crippen LogP) is 3.88. The molecule has 1 N–H and O–H groups in total. The van der Waals surface area contributed by atoms with E-state index in [-0.39, 0.29) is 23.6 Å². The van der Waals surface area contributed by atoms with Crippen molar-refractivity contribution in [2.75, 3.05) is 5.32 Å². The topological polar surface area (TPSA) is 103 Å². The molecule has 0 aliphatic heterocycles. The molecular formula is C21H19N5O3S. The average molecular weight is 421 g/mol. The van der Waals surface area contributed by atoms with E-state index in [1.165, 1.54) is 11.5 Å². The van der Waals surface area contributed by atoms with Gasteiger partial charge in [0.25, 0.3) is 0 Å². The number of hydrogen-bond donors (Lipinski definition) is 1. The van der Waals surface area contributed by atoms with Crippen molar-refractivity contribution >= 4 is 34.5 Å². The average Bonchev–Trinajstić information content (AvgIpc) is 3.38. The molecule has 5 rings (SSSR count). The van der Waals surface area contributed by atoms with E-state index in [9.17, 15) is 9.59 Å². The lowest BCUT2D eigenvalue weighted by atomic mass is 9.85. The Hall–Kier alpha value is -3.33. The monoisotopic (exact) mass is 421 g/mol. The number of aromatic nitrogens is 4. The number of rotatable bonds is 4. The van der Waals surface area contributed by atoms with E-state index in [0.29, 0.717) is 24.4 Å². The van der Waals surface area contributed by atoms with Gasteiger partial charge in [-0.05, 0) is 43.3 Å². The zero-order valence-corrected chi connectivity index (χ0v) is 16.8. The van der Waals surface area contributed by atoms with Crippen LogP contribution in [-0.2, 0) is 4.79 Å². The molecule has 1 saturated carbocycles. The molecule has 152 valence electrons. The standard InChI is InChI=1S/C21H19N5O3S/c27-18(23-20-24-19(30-25-20)14-4-2-1-3-5-14)13-6-8-15(9-7-13)26-16-10-11-22-12-17(16)29-21(26)28/h1-5,10-13,15H,6-9H2,(H,23,25,27). The molecule has 9 heteroatoms. The predicted molar refractivity (Wildman–Crippen MR) is 113 cm³/mol. The summed E-state index contributed by atoms with van der Waals surface area (Å²) in [6.45, 7) is 0. The molecule has 0 saturated heterocycles. The Kier molecular flexibility index (Phi) is 4.88. The number of amides is 1. The van der Waals surface area contributed by atoms with Gasteiger partial charge in [0, 0.05) is 23.7 Å². The van der Waals surface area contributed by atoms with Crippen LogP contribution in [0.25, 0.3) is 21.7 Å². The molecule has 1 fully saturated rings. The van der Waals surface area contributed by atoms with E-state index in [0.717, 1.165) is 28.9 Å². The lowest BCUT2D eigenvalue weighted by Crippen LogP contribution is -2.30.